The zero-order valence-corrected chi connectivity index (χ0v) is 23.7. The predicted octanol–water partition coefficient (Wildman–Crippen LogP) is 8.72. The van der Waals surface area contributed by atoms with Gasteiger partial charge < -0.3 is 10.1 Å². The van der Waals surface area contributed by atoms with Crippen LogP contribution in [0.15, 0.2) is 60.1 Å². The Bertz CT molecular complexity index is 1040. The highest BCUT2D eigenvalue weighted by molar-refractivity contribution is 7.09. The third-order valence-electron chi connectivity index (χ3n) is 6.87. The van der Waals surface area contributed by atoms with Crippen molar-refractivity contribution in [2.24, 2.45) is 0 Å². The molecule has 0 saturated carbocycles. The van der Waals surface area contributed by atoms with E-state index in [-0.39, 0.29) is 5.91 Å². The molecule has 1 N–H and O–H groups in total. The molecule has 3 aromatic rings. The molecule has 0 fully saturated rings. The molecule has 3 rings (SSSR count). The first-order valence-electron chi connectivity index (χ1n) is 14.2. The lowest BCUT2D eigenvalue weighted by Gasteiger charge is -2.10. The van der Waals surface area contributed by atoms with Gasteiger partial charge in [0.15, 0.2) is 12.7 Å². The molecule has 5 heteroatoms. The maximum Gasteiger partial charge on any atom is 0.255 e. The Kier molecular flexibility index (Phi) is 13.3. The van der Waals surface area contributed by atoms with Crippen molar-refractivity contribution < 1.29 is 14.1 Å². The molecule has 2 aromatic carbocycles. The molecule has 0 aliphatic heterocycles. The first-order valence-corrected chi connectivity index (χ1v) is 15.1. The smallest absolute Gasteiger partial charge is 0.255 e. The summed E-state index contributed by atoms with van der Waals surface area (Å²) in [5.41, 5.74) is 2.56. The van der Waals surface area contributed by atoms with Gasteiger partial charge in [-0.3, -0.25) is 4.79 Å². The number of nitrogens with zero attached hydrogens (tertiary/aromatic N) is 1. The summed E-state index contributed by atoms with van der Waals surface area (Å²) in [4.78, 5) is 12.9. The number of carbonyl (C=O) groups is 1. The number of carbonyl (C=O) groups excluding carboxylic acids is 1. The molecule has 1 heterocycles. The lowest BCUT2D eigenvalue weighted by atomic mass is 10.1. The van der Waals surface area contributed by atoms with Crippen LogP contribution in [0.25, 0.3) is 0 Å². The van der Waals surface area contributed by atoms with Crippen LogP contribution in [-0.4, -0.2) is 12.5 Å². The number of hydrogen-bond acceptors (Lipinski definition) is 3. The van der Waals surface area contributed by atoms with Crippen molar-refractivity contribution in [2.75, 3.05) is 11.9 Å². The average molecular weight is 522 g/mol. The zero-order chi connectivity index (χ0) is 26.1. The molecule has 0 unspecified atom stereocenters. The zero-order valence-electron chi connectivity index (χ0n) is 22.8. The number of para-hydroxylation sites is 1. The van der Waals surface area contributed by atoms with Crippen LogP contribution >= 0.6 is 11.3 Å². The lowest BCUT2D eigenvalue weighted by molar-refractivity contribution is -0.689. The van der Waals surface area contributed by atoms with Crippen LogP contribution in [0.3, 0.4) is 0 Å². The molecule has 0 aliphatic carbocycles. The van der Waals surface area contributed by atoms with E-state index in [0.717, 1.165) is 36.6 Å². The fourth-order valence-electron chi connectivity index (χ4n) is 4.53. The van der Waals surface area contributed by atoms with Gasteiger partial charge in [0.2, 0.25) is 5.01 Å². The number of anilines is 1. The van der Waals surface area contributed by atoms with Crippen LogP contribution < -0.4 is 14.6 Å². The number of aryl methyl sites for hydroxylation is 1. The molecule has 0 bridgehead atoms. The van der Waals surface area contributed by atoms with Gasteiger partial charge in [-0.25, -0.2) is 0 Å². The van der Waals surface area contributed by atoms with Gasteiger partial charge in [-0.1, -0.05) is 107 Å². The highest BCUT2D eigenvalue weighted by atomic mass is 32.1. The van der Waals surface area contributed by atoms with E-state index >= 15 is 0 Å². The third-order valence-corrected chi connectivity index (χ3v) is 7.71. The second-order valence-corrected chi connectivity index (χ2v) is 11.0. The first kappa shape index (κ1) is 28.9. The predicted molar refractivity (Wildman–Crippen MR) is 156 cm³/mol. The molecule has 0 spiro atoms. The Morgan fingerprint density at radius 1 is 0.838 bits per heavy atom. The average Bonchev–Trinajstić information content (AvgIpc) is 3.32. The summed E-state index contributed by atoms with van der Waals surface area (Å²) in [6, 6.07) is 15.5. The number of aromatic nitrogens is 1. The van der Waals surface area contributed by atoms with Crippen LogP contribution in [0.1, 0.15) is 105 Å². The van der Waals surface area contributed by atoms with Gasteiger partial charge in [0.05, 0.1) is 17.7 Å². The standard InChI is InChI=1S/C32H44N2O2S/c1-3-4-5-6-7-8-9-10-11-12-13-16-24-36-30-21-19-28(20-22-30)32(35)33-31-18-15-14-17-29(31)26-34-23-25-37-27(34)2/h14-15,17-23,25H,3-13,16,24,26H2,1-2H3/p+1. The minimum Gasteiger partial charge on any atom is -0.494 e. The molecular formula is C32H45N2O2S+. The van der Waals surface area contributed by atoms with E-state index in [1.54, 1.807) is 11.3 Å². The monoisotopic (exact) mass is 521 g/mol. The number of hydrogen-bond donors (Lipinski definition) is 1. The van der Waals surface area contributed by atoms with Crippen LogP contribution in [0.4, 0.5) is 5.69 Å². The van der Waals surface area contributed by atoms with Crippen LogP contribution in [0.2, 0.25) is 0 Å². The highest BCUT2D eigenvalue weighted by Gasteiger charge is 2.14. The third kappa shape index (κ3) is 10.7. The van der Waals surface area contributed by atoms with Gasteiger partial charge >= 0.3 is 0 Å². The topological polar surface area (TPSA) is 42.2 Å². The molecule has 4 nitrogen and oxygen atoms in total. The Balaban J connectivity index is 1.31. The molecule has 1 amide bonds. The maximum atomic E-state index is 12.9. The summed E-state index contributed by atoms with van der Waals surface area (Å²) in [5, 5.41) is 6.40. The number of benzene rings is 2. The van der Waals surface area contributed by atoms with E-state index in [0.29, 0.717) is 5.56 Å². The van der Waals surface area contributed by atoms with E-state index in [9.17, 15) is 4.79 Å². The van der Waals surface area contributed by atoms with Gasteiger partial charge in [0, 0.05) is 18.1 Å². The van der Waals surface area contributed by atoms with E-state index in [4.69, 9.17) is 4.74 Å². The van der Waals surface area contributed by atoms with Crippen molar-refractivity contribution >= 4 is 22.9 Å². The lowest BCUT2D eigenvalue weighted by Crippen LogP contribution is -2.34. The number of unbranched alkanes of at least 4 members (excludes halogenated alkanes) is 11. The van der Waals surface area contributed by atoms with E-state index in [1.807, 2.05) is 42.5 Å². The van der Waals surface area contributed by atoms with Crippen molar-refractivity contribution in [3.8, 4) is 5.75 Å². The SMILES string of the molecule is CCCCCCCCCCCCCCOc1ccc(C(=O)Nc2ccccc2C[n+]2ccsc2C)cc1. The number of rotatable bonds is 18. The van der Waals surface area contributed by atoms with Crippen molar-refractivity contribution in [3.05, 3.63) is 76.2 Å². The number of amides is 1. The number of ether oxygens (including phenoxy) is 1. The second kappa shape index (κ2) is 17.0. The fourth-order valence-corrected chi connectivity index (χ4v) is 5.20. The Morgan fingerprint density at radius 2 is 1.46 bits per heavy atom. The molecule has 0 saturated heterocycles. The Morgan fingerprint density at radius 3 is 2.08 bits per heavy atom. The van der Waals surface area contributed by atoms with Crippen molar-refractivity contribution in [1.82, 2.24) is 0 Å². The van der Waals surface area contributed by atoms with Gasteiger partial charge in [-0.2, -0.15) is 4.57 Å². The second-order valence-electron chi connectivity index (χ2n) is 9.92. The van der Waals surface area contributed by atoms with Crippen LogP contribution in [-0.2, 0) is 6.54 Å². The summed E-state index contributed by atoms with van der Waals surface area (Å²) in [6.45, 7) is 5.85. The van der Waals surface area contributed by atoms with E-state index in [2.05, 4.69) is 41.4 Å². The Hall–Kier alpha value is -2.66. The normalized spacial score (nSPS) is 11.0. The number of thiazole rings is 1. The van der Waals surface area contributed by atoms with Gasteiger partial charge in [-0.15, -0.1) is 0 Å². The first-order chi connectivity index (χ1) is 18.2. The summed E-state index contributed by atoms with van der Waals surface area (Å²) in [5.74, 6) is 0.719. The molecule has 1 aromatic heterocycles. The van der Waals surface area contributed by atoms with Crippen LogP contribution in [0.5, 0.6) is 5.75 Å². The summed E-state index contributed by atoms with van der Waals surface area (Å²) in [7, 11) is 0. The van der Waals surface area contributed by atoms with Crippen molar-refractivity contribution in [1.29, 1.82) is 0 Å². The summed E-state index contributed by atoms with van der Waals surface area (Å²) < 4.78 is 8.10. The number of nitrogens with one attached hydrogen (secondary N) is 1. The molecule has 37 heavy (non-hydrogen) atoms. The van der Waals surface area contributed by atoms with Gasteiger partial charge in [0.25, 0.3) is 5.91 Å². The quantitative estimate of drug-likeness (QED) is 0.134. The highest BCUT2D eigenvalue weighted by Crippen LogP contribution is 2.19. The van der Waals surface area contributed by atoms with E-state index in [1.165, 1.54) is 75.6 Å². The van der Waals surface area contributed by atoms with E-state index < -0.39 is 0 Å². The largest absolute Gasteiger partial charge is 0.494 e. The summed E-state index contributed by atoms with van der Waals surface area (Å²) >= 11 is 1.72. The van der Waals surface area contributed by atoms with Gasteiger partial charge in [0.1, 0.15) is 5.75 Å². The fraction of sp³-hybridized carbons (Fsp3) is 0.500. The minimum absolute atomic E-state index is 0.105. The molecule has 0 radical (unpaired) electrons. The maximum absolute atomic E-state index is 12.9. The van der Waals surface area contributed by atoms with Crippen LogP contribution in [0, 0.1) is 6.92 Å². The van der Waals surface area contributed by atoms with Crippen molar-refractivity contribution in [3.63, 3.8) is 0 Å². The molecule has 0 atom stereocenters. The summed E-state index contributed by atoms with van der Waals surface area (Å²) in [6.07, 6.45) is 18.2. The Labute approximate surface area is 228 Å². The van der Waals surface area contributed by atoms with Crippen molar-refractivity contribution in [2.45, 2.75) is 97.4 Å². The molecule has 0 aliphatic rings. The molecular weight excluding hydrogens is 476 g/mol. The minimum atomic E-state index is -0.105. The van der Waals surface area contributed by atoms with Gasteiger partial charge in [-0.05, 0) is 36.8 Å². The molecule has 200 valence electrons.